The van der Waals surface area contributed by atoms with Gasteiger partial charge in [-0.3, -0.25) is 0 Å². The molecule has 0 amide bonds. The number of benzene rings is 2. The van der Waals surface area contributed by atoms with E-state index in [0.717, 1.165) is 27.7 Å². The number of aryl methyl sites for hydroxylation is 1. The molecule has 0 saturated carbocycles. The first-order valence-corrected chi connectivity index (χ1v) is 12.5. The minimum atomic E-state index is -2.53. The summed E-state index contributed by atoms with van der Waals surface area (Å²) in [6, 6.07) is 16.8. The summed E-state index contributed by atoms with van der Waals surface area (Å²) < 4.78 is 15.4. The van der Waals surface area contributed by atoms with Crippen LogP contribution in [0.25, 0.3) is 0 Å². The Morgan fingerprint density at radius 1 is 1.14 bits per heavy atom. The largest absolute Gasteiger partial charge is 0.694 e. The summed E-state index contributed by atoms with van der Waals surface area (Å²) in [5, 5.41) is 4.11. The van der Waals surface area contributed by atoms with Crippen LogP contribution in [0, 0.1) is 0 Å². The number of hydrogen-bond acceptors (Lipinski definition) is 4. The second-order valence-corrected chi connectivity index (χ2v) is 9.26. The zero-order chi connectivity index (χ0) is 20.9. The highest BCUT2D eigenvalue weighted by molar-refractivity contribution is 7.99. The van der Waals surface area contributed by atoms with E-state index in [1.807, 2.05) is 17.8 Å². The van der Waals surface area contributed by atoms with E-state index in [2.05, 4.69) is 47.8 Å². The Kier molecular flexibility index (Phi) is 11.9. The van der Waals surface area contributed by atoms with Gasteiger partial charge in [-0.15, -0.1) is 21.2 Å². The molecule has 0 radical (unpaired) electrons. The summed E-state index contributed by atoms with van der Waals surface area (Å²) in [5.41, 5.74) is 2.54. The highest BCUT2D eigenvalue weighted by atomic mass is 35.5. The summed E-state index contributed by atoms with van der Waals surface area (Å²) in [7, 11) is -2.53. The summed E-state index contributed by atoms with van der Waals surface area (Å²) in [4.78, 5) is 9.85. The van der Waals surface area contributed by atoms with E-state index in [-0.39, 0.29) is 6.10 Å². The molecule has 0 spiro atoms. The van der Waals surface area contributed by atoms with E-state index in [0.29, 0.717) is 19.5 Å². The molecule has 0 bridgehead atoms. The average Bonchev–Trinajstić information content (AvgIpc) is 2.69. The zero-order valence-corrected chi connectivity index (χ0v) is 19.3. The number of hydrogen-bond donors (Lipinski definition) is 2. The molecule has 0 saturated heterocycles. The van der Waals surface area contributed by atoms with Gasteiger partial charge in [0, 0.05) is 16.0 Å². The first kappa shape index (κ1) is 24.3. The van der Waals surface area contributed by atoms with Gasteiger partial charge in [0.25, 0.3) is 0 Å². The molecule has 2 N–H and O–H groups in total. The minimum Gasteiger partial charge on any atom is -0.313 e. The Bertz CT molecular complexity index is 748. The monoisotopic (exact) mass is 454 g/mol. The fourth-order valence-electron chi connectivity index (χ4n) is 2.95. The molecule has 0 aliphatic carbocycles. The predicted molar refractivity (Wildman–Crippen MR) is 123 cm³/mol. The lowest BCUT2D eigenvalue weighted by molar-refractivity contribution is 0.195. The van der Waals surface area contributed by atoms with E-state index in [4.69, 9.17) is 21.0 Å². The Balaban J connectivity index is 1.60. The van der Waals surface area contributed by atoms with Gasteiger partial charge in [0.05, 0.1) is 5.02 Å². The number of halogens is 1. The van der Waals surface area contributed by atoms with E-state index >= 15 is 0 Å². The smallest absolute Gasteiger partial charge is 0.313 e. The van der Waals surface area contributed by atoms with Crippen molar-refractivity contribution in [3.8, 4) is 0 Å². The van der Waals surface area contributed by atoms with Crippen LogP contribution in [0.15, 0.2) is 53.4 Å². The third-order valence-electron chi connectivity index (χ3n) is 4.53. The maximum Gasteiger partial charge on any atom is 0.694 e. The van der Waals surface area contributed by atoms with Gasteiger partial charge >= 0.3 is 8.25 Å². The van der Waals surface area contributed by atoms with Crippen LogP contribution in [0.2, 0.25) is 5.02 Å². The SMILES string of the molecule is CC(CCNCc1ccc(SCCCCCc2ccccc2)c(Cl)c1)O[P+](=O)O. The zero-order valence-electron chi connectivity index (χ0n) is 16.9. The fraction of sp³-hybridized carbons (Fsp3) is 0.455. The first-order chi connectivity index (χ1) is 14.0. The maximum atomic E-state index is 10.6. The van der Waals surface area contributed by atoms with Gasteiger partial charge < -0.3 is 5.32 Å². The van der Waals surface area contributed by atoms with Crippen LogP contribution in [-0.2, 0) is 22.1 Å². The minimum absolute atomic E-state index is 0.244. The molecule has 29 heavy (non-hydrogen) atoms. The lowest BCUT2D eigenvalue weighted by Gasteiger charge is -2.09. The molecule has 0 fully saturated rings. The predicted octanol–water partition coefficient (Wildman–Crippen LogP) is 6.38. The molecule has 2 aromatic carbocycles. The lowest BCUT2D eigenvalue weighted by Crippen LogP contribution is -2.19. The van der Waals surface area contributed by atoms with Crippen LogP contribution in [-0.4, -0.2) is 23.3 Å². The molecule has 7 heteroatoms. The van der Waals surface area contributed by atoms with Gasteiger partial charge in [-0.2, -0.15) is 0 Å². The normalized spacial score (nSPS) is 12.7. The van der Waals surface area contributed by atoms with Crippen LogP contribution in [0.3, 0.4) is 0 Å². The van der Waals surface area contributed by atoms with E-state index in [1.165, 1.54) is 24.8 Å². The van der Waals surface area contributed by atoms with Crippen molar-refractivity contribution < 1.29 is 14.0 Å². The van der Waals surface area contributed by atoms with Crippen molar-refractivity contribution in [3.63, 3.8) is 0 Å². The van der Waals surface area contributed by atoms with Crippen LogP contribution in [0.4, 0.5) is 0 Å². The van der Waals surface area contributed by atoms with Gasteiger partial charge in [0.1, 0.15) is 6.10 Å². The molecule has 0 aliphatic heterocycles. The summed E-state index contributed by atoms with van der Waals surface area (Å²) in [6.45, 7) is 3.21. The Morgan fingerprint density at radius 3 is 2.66 bits per heavy atom. The Hall–Kier alpha value is -0.940. The van der Waals surface area contributed by atoms with E-state index in [9.17, 15) is 4.57 Å². The number of thioether (sulfide) groups is 1. The van der Waals surface area contributed by atoms with Gasteiger partial charge in [-0.25, -0.2) is 0 Å². The fourth-order valence-corrected chi connectivity index (χ4v) is 4.66. The molecule has 2 aromatic rings. The second kappa shape index (κ2) is 14.1. The first-order valence-electron chi connectivity index (χ1n) is 10.0. The van der Waals surface area contributed by atoms with Crippen molar-refractivity contribution in [2.75, 3.05) is 12.3 Å². The topological polar surface area (TPSA) is 58.6 Å². The second-order valence-electron chi connectivity index (χ2n) is 7.03. The van der Waals surface area contributed by atoms with Crippen molar-refractivity contribution in [1.82, 2.24) is 5.32 Å². The molecule has 2 rings (SSSR count). The van der Waals surface area contributed by atoms with Crippen molar-refractivity contribution in [2.45, 2.75) is 56.6 Å². The van der Waals surface area contributed by atoms with Crippen LogP contribution >= 0.6 is 31.6 Å². The number of rotatable bonds is 14. The standard InChI is InChI=1S/C22H29ClNO3PS/c1-18(27-28(25)26)13-14-24-17-20-11-12-22(21(23)16-20)29-15-7-3-6-10-19-8-4-2-5-9-19/h2,4-5,8-9,11-12,16,18,24H,3,6-7,10,13-15,17H2,1H3/p+1. The summed E-state index contributed by atoms with van der Waals surface area (Å²) in [6.07, 6.45) is 5.23. The molecule has 0 aromatic heterocycles. The van der Waals surface area contributed by atoms with Gasteiger partial charge in [-0.1, -0.05) is 54.4 Å². The molecule has 158 valence electrons. The third kappa shape index (κ3) is 10.6. The highest BCUT2D eigenvalue weighted by Crippen LogP contribution is 2.29. The van der Waals surface area contributed by atoms with Crippen molar-refractivity contribution in [3.05, 3.63) is 64.7 Å². The summed E-state index contributed by atoms with van der Waals surface area (Å²) >= 11 is 8.26. The molecule has 2 atom stereocenters. The van der Waals surface area contributed by atoms with Crippen molar-refractivity contribution in [1.29, 1.82) is 0 Å². The van der Waals surface area contributed by atoms with E-state index < -0.39 is 8.25 Å². The molecule has 0 heterocycles. The van der Waals surface area contributed by atoms with Crippen LogP contribution in [0.5, 0.6) is 0 Å². The number of unbranched alkanes of at least 4 members (excludes halogenated alkanes) is 2. The van der Waals surface area contributed by atoms with Crippen LogP contribution < -0.4 is 5.32 Å². The molecular formula is C22H30ClNO3PS+. The maximum absolute atomic E-state index is 10.6. The molecular weight excluding hydrogens is 425 g/mol. The van der Waals surface area contributed by atoms with Gasteiger partial charge in [0.15, 0.2) is 0 Å². The Labute approximate surface area is 184 Å². The lowest BCUT2D eigenvalue weighted by atomic mass is 10.1. The van der Waals surface area contributed by atoms with E-state index in [1.54, 1.807) is 6.92 Å². The Morgan fingerprint density at radius 2 is 1.93 bits per heavy atom. The third-order valence-corrected chi connectivity index (χ3v) is 6.66. The van der Waals surface area contributed by atoms with Gasteiger partial charge in [-0.05, 0) is 68.2 Å². The average molecular weight is 455 g/mol. The van der Waals surface area contributed by atoms with Crippen molar-refractivity contribution in [2.24, 2.45) is 0 Å². The molecule has 4 nitrogen and oxygen atoms in total. The van der Waals surface area contributed by atoms with Gasteiger partial charge in [0.2, 0.25) is 0 Å². The van der Waals surface area contributed by atoms with Crippen molar-refractivity contribution >= 4 is 31.6 Å². The molecule has 2 unspecified atom stereocenters. The highest BCUT2D eigenvalue weighted by Gasteiger charge is 2.17. The number of nitrogens with one attached hydrogen (secondary N) is 1. The molecule has 0 aliphatic rings. The van der Waals surface area contributed by atoms with Crippen LogP contribution in [0.1, 0.15) is 43.7 Å². The quantitative estimate of drug-likeness (QED) is 0.197. The summed E-state index contributed by atoms with van der Waals surface area (Å²) in [5.74, 6) is 1.08.